The number of carboxylic acid groups (broad SMARTS) is 1. The van der Waals surface area contributed by atoms with Crippen molar-refractivity contribution in [2.45, 2.75) is 51.5 Å². The van der Waals surface area contributed by atoms with Gasteiger partial charge in [0, 0.05) is 65.1 Å². The van der Waals surface area contributed by atoms with Crippen molar-refractivity contribution in [3.63, 3.8) is 0 Å². The largest absolute Gasteiger partial charge is 0.493 e. The van der Waals surface area contributed by atoms with Crippen LogP contribution < -0.4 is 14.4 Å². The molecular weight excluding hydrogens is 566 g/mol. The summed E-state index contributed by atoms with van der Waals surface area (Å²) in [5.41, 5.74) is 1.62. The molecule has 3 aromatic rings. The van der Waals surface area contributed by atoms with Crippen LogP contribution >= 0.6 is 11.6 Å². The zero-order chi connectivity index (χ0) is 30.6. The molecule has 1 aliphatic rings. The maximum atomic E-state index is 14.2. The summed E-state index contributed by atoms with van der Waals surface area (Å²) in [6.45, 7) is 4.05. The van der Waals surface area contributed by atoms with E-state index in [1.54, 1.807) is 35.4 Å². The molecule has 0 saturated carbocycles. The number of anilines is 1. The minimum absolute atomic E-state index is 0.146. The van der Waals surface area contributed by atoms with Crippen molar-refractivity contribution in [2.75, 3.05) is 32.3 Å². The molecule has 3 N–H and O–H groups in total. The van der Waals surface area contributed by atoms with E-state index in [0.29, 0.717) is 38.9 Å². The average Bonchev–Trinajstić information content (AvgIpc) is 3.41. The Kier molecular flexibility index (Phi) is 9.78. The SMILES string of the molecule is COc1cccc([C@H]2O[C@H](CCn3cc(C(O)CC(=O)O)cn3)C(=O)N(CC(C)(C)CO)c3ccc(Cl)cc32)c1OC. The summed E-state index contributed by atoms with van der Waals surface area (Å²) in [6, 6.07) is 10.7. The van der Waals surface area contributed by atoms with Gasteiger partial charge >= 0.3 is 5.97 Å². The zero-order valence-corrected chi connectivity index (χ0v) is 24.7. The molecule has 42 heavy (non-hydrogen) atoms. The summed E-state index contributed by atoms with van der Waals surface area (Å²) in [5, 5.41) is 33.9. The summed E-state index contributed by atoms with van der Waals surface area (Å²) in [7, 11) is 3.07. The highest BCUT2D eigenvalue weighted by Crippen LogP contribution is 2.45. The van der Waals surface area contributed by atoms with E-state index in [-0.39, 0.29) is 32.0 Å². The molecule has 11 nitrogen and oxygen atoms in total. The van der Waals surface area contributed by atoms with E-state index in [9.17, 15) is 19.8 Å². The van der Waals surface area contributed by atoms with E-state index in [1.165, 1.54) is 25.1 Å². The number of carbonyl (C=O) groups is 2. The van der Waals surface area contributed by atoms with Crippen LogP contribution in [0, 0.1) is 5.41 Å². The second-order valence-electron chi connectivity index (χ2n) is 11.0. The number of nitrogens with zero attached hydrogens (tertiary/aromatic N) is 3. The lowest BCUT2D eigenvalue weighted by molar-refractivity contribution is -0.139. The van der Waals surface area contributed by atoms with E-state index < -0.39 is 36.1 Å². The van der Waals surface area contributed by atoms with E-state index in [0.717, 1.165) is 0 Å². The molecule has 0 bridgehead atoms. The number of aliphatic carboxylic acids is 1. The molecule has 0 saturated heterocycles. The quantitative estimate of drug-likeness (QED) is 0.281. The second kappa shape index (κ2) is 13.1. The lowest BCUT2D eigenvalue weighted by atomic mass is 9.92. The molecule has 1 aromatic heterocycles. The van der Waals surface area contributed by atoms with Crippen LogP contribution in [0.15, 0.2) is 48.8 Å². The molecule has 226 valence electrons. The fourth-order valence-corrected chi connectivity index (χ4v) is 5.15. The van der Waals surface area contributed by atoms with Gasteiger partial charge < -0.3 is 34.4 Å². The Balaban J connectivity index is 1.76. The van der Waals surface area contributed by atoms with E-state index in [1.807, 2.05) is 26.0 Å². The molecule has 4 rings (SSSR count). The number of benzene rings is 2. The highest BCUT2D eigenvalue weighted by Gasteiger charge is 2.39. The summed E-state index contributed by atoms with van der Waals surface area (Å²) < 4.78 is 19.4. The number of aromatic nitrogens is 2. The molecule has 2 aromatic carbocycles. The number of para-hydroxylation sites is 1. The topological polar surface area (TPSA) is 144 Å². The Morgan fingerprint density at radius 2 is 1.95 bits per heavy atom. The smallest absolute Gasteiger partial charge is 0.306 e. The summed E-state index contributed by atoms with van der Waals surface area (Å²) in [5.74, 6) is -0.480. The molecule has 2 heterocycles. The van der Waals surface area contributed by atoms with Crippen LogP contribution in [0.2, 0.25) is 5.02 Å². The number of rotatable bonds is 12. The number of hydrogen-bond acceptors (Lipinski definition) is 8. The Hall–Kier alpha value is -3.64. The van der Waals surface area contributed by atoms with Gasteiger partial charge in [0.2, 0.25) is 0 Å². The van der Waals surface area contributed by atoms with Crippen LogP contribution in [0.4, 0.5) is 5.69 Å². The van der Waals surface area contributed by atoms with Crippen molar-refractivity contribution in [2.24, 2.45) is 5.41 Å². The van der Waals surface area contributed by atoms with Crippen molar-refractivity contribution < 1.29 is 39.1 Å². The van der Waals surface area contributed by atoms with Gasteiger partial charge in [-0.15, -0.1) is 0 Å². The van der Waals surface area contributed by atoms with Crippen LogP contribution in [0.3, 0.4) is 0 Å². The molecule has 0 aliphatic carbocycles. The first-order valence-electron chi connectivity index (χ1n) is 13.5. The Morgan fingerprint density at radius 3 is 2.62 bits per heavy atom. The first kappa shape index (κ1) is 31.3. The monoisotopic (exact) mass is 601 g/mol. The minimum Gasteiger partial charge on any atom is -0.493 e. The third-order valence-electron chi connectivity index (χ3n) is 7.16. The second-order valence-corrected chi connectivity index (χ2v) is 11.4. The highest BCUT2D eigenvalue weighted by atomic mass is 35.5. The summed E-state index contributed by atoms with van der Waals surface area (Å²) in [6.07, 6.45) is -0.216. The highest BCUT2D eigenvalue weighted by molar-refractivity contribution is 6.30. The normalized spacial score (nSPS) is 17.9. The van der Waals surface area contributed by atoms with Crippen molar-refractivity contribution in [3.8, 4) is 11.5 Å². The number of halogens is 1. The van der Waals surface area contributed by atoms with Crippen molar-refractivity contribution >= 4 is 29.2 Å². The van der Waals surface area contributed by atoms with Crippen molar-refractivity contribution in [1.29, 1.82) is 0 Å². The first-order valence-corrected chi connectivity index (χ1v) is 13.9. The fraction of sp³-hybridized carbons (Fsp3) is 0.433. The molecule has 0 radical (unpaired) electrons. The average molecular weight is 602 g/mol. The summed E-state index contributed by atoms with van der Waals surface area (Å²) in [4.78, 5) is 26.8. The predicted molar refractivity (Wildman–Crippen MR) is 155 cm³/mol. The third kappa shape index (κ3) is 6.87. The number of methoxy groups -OCH3 is 2. The number of aliphatic hydroxyl groups is 2. The van der Waals surface area contributed by atoms with E-state index in [4.69, 9.17) is 30.9 Å². The van der Waals surface area contributed by atoms with E-state index in [2.05, 4.69) is 5.10 Å². The van der Waals surface area contributed by atoms with Gasteiger partial charge in [0.15, 0.2) is 11.5 Å². The number of amides is 1. The number of carbonyl (C=O) groups excluding carboxylic acids is 1. The molecule has 1 aliphatic heterocycles. The van der Waals surface area contributed by atoms with Crippen LogP contribution in [-0.4, -0.2) is 70.5 Å². The lowest BCUT2D eigenvalue weighted by Crippen LogP contribution is -2.45. The molecular formula is C30H36ClN3O8. The lowest BCUT2D eigenvalue weighted by Gasteiger charge is -2.32. The Bertz CT molecular complexity index is 1430. The third-order valence-corrected chi connectivity index (χ3v) is 7.40. The number of ether oxygens (including phenoxy) is 3. The summed E-state index contributed by atoms with van der Waals surface area (Å²) >= 11 is 6.47. The van der Waals surface area contributed by atoms with Gasteiger partial charge in [-0.1, -0.05) is 37.6 Å². The predicted octanol–water partition coefficient (Wildman–Crippen LogP) is 3.99. The van der Waals surface area contributed by atoms with Gasteiger partial charge in [-0.25, -0.2) is 0 Å². The van der Waals surface area contributed by atoms with Gasteiger partial charge in [-0.05, 0) is 24.3 Å². The standard InChI is InChI=1S/C30H36ClN3O8/c1-30(2,17-35)16-34-22-9-8-19(31)12-21(22)27(20-6-5-7-24(40-3)28(20)41-4)42-25(29(34)39)10-11-33-15-18(14-32-33)23(36)13-26(37)38/h5-9,12,14-15,23,25,27,35-36H,10-11,13,16-17H2,1-4H3,(H,37,38)/t23?,25-,27-/m1/s1. The fourth-order valence-electron chi connectivity index (χ4n) is 4.97. The van der Waals surface area contributed by atoms with Crippen molar-refractivity contribution in [3.05, 3.63) is 70.5 Å². The van der Waals surface area contributed by atoms with Gasteiger partial charge in [0.1, 0.15) is 12.2 Å². The van der Waals surface area contributed by atoms with Gasteiger partial charge in [-0.2, -0.15) is 5.10 Å². The number of aryl methyl sites for hydroxylation is 1. The first-order chi connectivity index (χ1) is 20.0. The molecule has 0 spiro atoms. The molecule has 1 unspecified atom stereocenters. The Labute approximate surface area is 249 Å². The van der Waals surface area contributed by atoms with Gasteiger partial charge in [-0.3, -0.25) is 14.3 Å². The maximum Gasteiger partial charge on any atom is 0.306 e. The minimum atomic E-state index is -1.20. The number of carboxylic acids is 1. The number of aliphatic hydroxyl groups excluding tert-OH is 2. The Morgan fingerprint density at radius 1 is 1.19 bits per heavy atom. The zero-order valence-electron chi connectivity index (χ0n) is 24.0. The van der Waals surface area contributed by atoms with Crippen LogP contribution in [0.1, 0.15) is 55.6 Å². The van der Waals surface area contributed by atoms with E-state index >= 15 is 0 Å². The van der Waals surface area contributed by atoms with Gasteiger partial charge in [0.05, 0.1) is 32.9 Å². The molecule has 0 fully saturated rings. The number of hydrogen-bond donors (Lipinski definition) is 3. The maximum absolute atomic E-state index is 14.2. The molecule has 1 amide bonds. The molecule has 12 heteroatoms. The van der Waals surface area contributed by atoms with Crippen LogP contribution in [0.5, 0.6) is 11.5 Å². The van der Waals surface area contributed by atoms with Crippen molar-refractivity contribution in [1.82, 2.24) is 9.78 Å². The molecule has 3 atom stereocenters. The van der Waals surface area contributed by atoms with Crippen LogP contribution in [-0.2, 0) is 20.9 Å². The van der Waals surface area contributed by atoms with Gasteiger partial charge in [0.25, 0.3) is 5.91 Å². The van der Waals surface area contributed by atoms with Crippen LogP contribution in [0.25, 0.3) is 0 Å². The number of fused-ring (bicyclic) bond motifs is 1.